The summed E-state index contributed by atoms with van der Waals surface area (Å²) in [5.41, 5.74) is -0.604. The maximum absolute atomic E-state index is 12.0. The van der Waals surface area contributed by atoms with Crippen molar-refractivity contribution in [1.82, 2.24) is 5.01 Å². The predicted octanol–water partition coefficient (Wildman–Crippen LogP) is 1.08. The average Bonchev–Trinajstić information content (AvgIpc) is 2.82. The number of nitrogens with zero attached hydrogens (tertiary/aromatic N) is 3. The highest BCUT2D eigenvalue weighted by Crippen LogP contribution is 2.41. The van der Waals surface area contributed by atoms with Crippen LogP contribution in [0.3, 0.4) is 0 Å². The number of hydrogen-bond acceptors (Lipinski definition) is 6. The number of hydrogen-bond donors (Lipinski definition) is 0. The van der Waals surface area contributed by atoms with Crippen molar-refractivity contribution in [2.24, 2.45) is 10.3 Å². The molecule has 0 unspecified atom stereocenters. The first-order valence-corrected chi connectivity index (χ1v) is 5.98. The van der Waals surface area contributed by atoms with Crippen LogP contribution < -0.4 is 0 Å². The van der Waals surface area contributed by atoms with E-state index >= 15 is 0 Å². The molecular weight excluding hydrogens is 238 g/mol. The largest absolute Gasteiger partial charge is 0.442 e. The molecule has 7 heteroatoms. The van der Waals surface area contributed by atoms with Gasteiger partial charge in [0.2, 0.25) is 0 Å². The third-order valence-corrected chi connectivity index (χ3v) is 3.23. The van der Waals surface area contributed by atoms with Crippen molar-refractivity contribution in [3.05, 3.63) is 0 Å². The maximum atomic E-state index is 12.0. The smallest absolute Gasteiger partial charge is 0.432 e. The van der Waals surface area contributed by atoms with Crippen LogP contribution in [0.1, 0.15) is 27.2 Å². The molecule has 7 nitrogen and oxygen atoms in total. The molecule has 3 rings (SSSR count). The Kier molecular flexibility index (Phi) is 2.25. The Hall–Kier alpha value is -1.50. The number of rotatable bonds is 0. The highest BCUT2D eigenvalue weighted by molar-refractivity contribution is 5.88. The number of ketones is 1. The Bertz CT molecular complexity index is 442. The molecule has 4 atom stereocenters. The molecule has 2 saturated heterocycles. The molecule has 18 heavy (non-hydrogen) atoms. The normalized spacial score (nSPS) is 37.3. The van der Waals surface area contributed by atoms with Gasteiger partial charge in [-0.15, -0.1) is 0 Å². The molecule has 1 amide bonds. The summed E-state index contributed by atoms with van der Waals surface area (Å²) in [4.78, 5) is 23.6. The van der Waals surface area contributed by atoms with Crippen molar-refractivity contribution in [3.63, 3.8) is 0 Å². The molecule has 0 N–H and O–H groups in total. The minimum Gasteiger partial charge on any atom is -0.442 e. The van der Waals surface area contributed by atoms with E-state index in [1.807, 2.05) is 0 Å². The highest BCUT2D eigenvalue weighted by atomic mass is 16.6. The van der Waals surface area contributed by atoms with Crippen molar-refractivity contribution in [2.75, 3.05) is 0 Å². The number of fused-ring (bicyclic) bond motifs is 5. The van der Waals surface area contributed by atoms with Crippen molar-refractivity contribution in [3.8, 4) is 0 Å². The van der Waals surface area contributed by atoms with Crippen molar-refractivity contribution < 1.29 is 19.1 Å². The van der Waals surface area contributed by atoms with Crippen LogP contribution in [0, 0.1) is 0 Å². The van der Waals surface area contributed by atoms with Crippen LogP contribution in [0.5, 0.6) is 0 Å². The summed E-state index contributed by atoms with van der Waals surface area (Å²) in [5.74, 6) is 0.0158. The van der Waals surface area contributed by atoms with E-state index in [1.165, 1.54) is 0 Å². The zero-order valence-electron chi connectivity index (χ0n) is 10.5. The molecule has 0 aliphatic carbocycles. The van der Waals surface area contributed by atoms with Gasteiger partial charge in [0.25, 0.3) is 0 Å². The number of amides is 1. The second-order valence-corrected chi connectivity index (χ2v) is 5.78. The third kappa shape index (κ3) is 1.61. The fraction of sp³-hybridized carbons (Fsp3) is 0.818. The fourth-order valence-corrected chi connectivity index (χ4v) is 2.56. The zero-order valence-corrected chi connectivity index (χ0v) is 10.5. The van der Waals surface area contributed by atoms with Gasteiger partial charge in [0, 0.05) is 6.42 Å². The lowest BCUT2D eigenvalue weighted by atomic mass is 9.90. The first kappa shape index (κ1) is 11.6. The highest BCUT2D eigenvalue weighted by Gasteiger charge is 2.60. The fourth-order valence-electron chi connectivity index (χ4n) is 2.56. The molecule has 0 saturated carbocycles. The second kappa shape index (κ2) is 3.50. The maximum Gasteiger partial charge on any atom is 0.432 e. The first-order valence-electron chi connectivity index (χ1n) is 5.98. The minimum absolute atomic E-state index is 0.0158. The molecule has 0 spiro atoms. The van der Waals surface area contributed by atoms with E-state index in [-0.39, 0.29) is 17.9 Å². The topological polar surface area (TPSA) is 80.6 Å². The number of Topliss-reactive ketones (excluding diaryl/α,β-unsaturated/α-hetero) is 1. The molecular formula is C11H15N3O4. The van der Waals surface area contributed by atoms with Crippen molar-refractivity contribution >= 4 is 11.9 Å². The van der Waals surface area contributed by atoms with E-state index in [1.54, 1.807) is 20.8 Å². The van der Waals surface area contributed by atoms with Gasteiger partial charge in [-0.05, 0) is 20.8 Å². The van der Waals surface area contributed by atoms with E-state index in [0.29, 0.717) is 6.42 Å². The molecule has 0 aromatic carbocycles. The van der Waals surface area contributed by atoms with E-state index in [0.717, 1.165) is 5.01 Å². The van der Waals surface area contributed by atoms with Crippen LogP contribution in [0.4, 0.5) is 4.79 Å². The van der Waals surface area contributed by atoms with Gasteiger partial charge in [0.1, 0.15) is 23.8 Å². The third-order valence-electron chi connectivity index (χ3n) is 3.23. The lowest BCUT2D eigenvalue weighted by Gasteiger charge is -2.27. The van der Waals surface area contributed by atoms with Crippen molar-refractivity contribution in [1.29, 1.82) is 0 Å². The van der Waals surface area contributed by atoms with Gasteiger partial charge >= 0.3 is 6.09 Å². The van der Waals surface area contributed by atoms with E-state index in [2.05, 4.69) is 10.3 Å². The van der Waals surface area contributed by atoms with Crippen LogP contribution in [0.25, 0.3) is 0 Å². The molecule has 98 valence electrons. The van der Waals surface area contributed by atoms with Gasteiger partial charge in [-0.2, -0.15) is 10.1 Å². The SMILES string of the molecule is CC(C)(C)OC(=O)N1N=N[C@@H]2[C@@H]1[C@H]1O[C@H]2CC1=O. The first-order chi connectivity index (χ1) is 8.37. The number of carbonyl (C=O) groups is 2. The summed E-state index contributed by atoms with van der Waals surface area (Å²) in [6.45, 7) is 5.33. The standard InChI is InChI=1S/C11H15N3O4/c1-11(2,3)18-10(16)14-8-7(12-13-14)6-4-5(15)9(8)17-6/h6-9H,4H2,1-3H3/t6-,7-,8+,9-/m0/s1. The van der Waals surface area contributed by atoms with Gasteiger partial charge in [-0.25, -0.2) is 4.79 Å². The van der Waals surface area contributed by atoms with E-state index < -0.39 is 23.8 Å². The lowest BCUT2D eigenvalue weighted by Crippen LogP contribution is -2.50. The molecule has 2 fully saturated rings. The summed E-state index contributed by atoms with van der Waals surface area (Å²) < 4.78 is 10.7. The van der Waals surface area contributed by atoms with Crippen LogP contribution in [-0.4, -0.2) is 46.8 Å². The molecule has 3 aliphatic heterocycles. The number of carbonyl (C=O) groups excluding carboxylic acids is 2. The molecule has 0 aromatic rings. The van der Waals surface area contributed by atoms with Gasteiger partial charge in [0.05, 0.1) is 6.10 Å². The monoisotopic (exact) mass is 253 g/mol. The quantitative estimate of drug-likeness (QED) is 0.647. The second-order valence-electron chi connectivity index (χ2n) is 5.78. The summed E-state index contributed by atoms with van der Waals surface area (Å²) in [6, 6.07) is -0.647. The zero-order chi connectivity index (χ0) is 13.1. The van der Waals surface area contributed by atoms with Crippen LogP contribution >= 0.6 is 0 Å². The Morgan fingerprint density at radius 2 is 2.22 bits per heavy atom. The predicted molar refractivity (Wildman–Crippen MR) is 58.8 cm³/mol. The molecule has 3 aliphatic rings. The Morgan fingerprint density at radius 1 is 1.50 bits per heavy atom. The summed E-state index contributed by atoms with van der Waals surface area (Å²) in [5, 5.41) is 9.00. The van der Waals surface area contributed by atoms with Crippen LogP contribution in [0.2, 0.25) is 0 Å². The Labute approximate surface area is 104 Å². The Morgan fingerprint density at radius 3 is 2.89 bits per heavy atom. The summed E-state index contributed by atoms with van der Waals surface area (Å²) in [7, 11) is 0. The van der Waals surface area contributed by atoms with Crippen LogP contribution in [0.15, 0.2) is 10.3 Å². The molecule has 3 heterocycles. The summed E-state index contributed by atoms with van der Waals surface area (Å²) >= 11 is 0. The minimum atomic E-state index is -0.604. The Balaban J connectivity index is 1.78. The molecule has 0 radical (unpaired) electrons. The molecule has 2 bridgehead atoms. The van der Waals surface area contributed by atoms with E-state index in [4.69, 9.17) is 9.47 Å². The number of ether oxygens (including phenoxy) is 2. The van der Waals surface area contributed by atoms with Crippen molar-refractivity contribution in [2.45, 2.75) is 57.1 Å². The average molecular weight is 253 g/mol. The van der Waals surface area contributed by atoms with E-state index in [9.17, 15) is 9.59 Å². The summed E-state index contributed by atoms with van der Waals surface area (Å²) in [6.07, 6.45) is -1.04. The van der Waals surface area contributed by atoms with Gasteiger partial charge in [0.15, 0.2) is 5.78 Å². The van der Waals surface area contributed by atoms with Gasteiger partial charge < -0.3 is 9.47 Å². The van der Waals surface area contributed by atoms with Gasteiger partial charge in [-0.3, -0.25) is 4.79 Å². The lowest BCUT2D eigenvalue weighted by molar-refractivity contribution is -0.123. The molecule has 0 aromatic heterocycles. The van der Waals surface area contributed by atoms with Crippen LogP contribution in [-0.2, 0) is 14.3 Å². The van der Waals surface area contributed by atoms with Gasteiger partial charge in [-0.1, -0.05) is 5.22 Å².